The molecule has 3 rings (SSSR count). The van der Waals surface area contributed by atoms with Gasteiger partial charge in [0.05, 0.1) is 17.5 Å². The van der Waals surface area contributed by atoms with Gasteiger partial charge in [0.2, 0.25) is 11.8 Å². The summed E-state index contributed by atoms with van der Waals surface area (Å²) >= 11 is 0. The van der Waals surface area contributed by atoms with Crippen LogP contribution in [0.1, 0.15) is 16.8 Å². The molecule has 0 unspecified atom stereocenters. The van der Waals surface area contributed by atoms with E-state index in [0.29, 0.717) is 5.69 Å². The number of para-hydroxylation sites is 1. The van der Waals surface area contributed by atoms with E-state index in [-0.39, 0.29) is 18.4 Å². The number of carbonyl (C=O) groups excluding carboxylic acids is 2. The molecule has 2 aromatic carbocycles. The average Bonchev–Trinajstić information content (AvgIpc) is 2.67. The number of aromatic nitrogens is 1. The van der Waals surface area contributed by atoms with Crippen LogP contribution in [-0.4, -0.2) is 22.8 Å². The zero-order valence-corrected chi connectivity index (χ0v) is 15.2. The molecule has 0 fully saturated rings. The van der Waals surface area contributed by atoms with E-state index in [4.69, 9.17) is 5.73 Å². The Bertz CT molecular complexity index is 1050. The number of nitrogens with two attached hydrogens (primary N) is 1. The highest BCUT2D eigenvalue weighted by atomic mass is 19.4. The minimum Gasteiger partial charge on any atom is -0.368 e. The number of halogens is 3. The Morgan fingerprint density at radius 3 is 2.52 bits per heavy atom. The Morgan fingerprint density at radius 2 is 1.79 bits per heavy atom. The third-order valence-electron chi connectivity index (χ3n) is 4.37. The first-order valence-electron chi connectivity index (χ1n) is 8.82. The molecule has 0 bridgehead atoms. The third kappa shape index (κ3) is 5.31. The number of nitrogens with one attached hydrogen (secondary N) is 1. The third-order valence-corrected chi connectivity index (χ3v) is 4.37. The molecule has 3 aromatic rings. The Kier molecular flexibility index (Phi) is 5.81. The number of hydrogen-bond donors (Lipinski definition) is 2. The van der Waals surface area contributed by atoms with Crippen LogP contribution in [0.5, 0.6) is 0 Å². The summed E-state index contributed by atoms with van der Waals surface area (Å²) < 4.78 is 38.4. The first-order chi connectivity index (χ1) is 13.7. The molecule has 0 aliphatic rings. The summed E-state index contributed by atoms with van der Waals surface area (Å²) in [6.45, 7) is 0. The van der Waals surface area contributed by atoms with Crippen LogP contribution in [0, 0.1) is 0 Å². The van der Waals surface area contributed by atoms with Crippen LogP contribution in [0.15, 0.2) is 60.7 Å². The lowest BCUT2D eigenvalue weighted by Gasteiger charge is -2.16. The molecule has 0 aliphatic heterocycles. The highest BCUT2D eigenvalue weighted by molar-refractivity contribution is 5.87. The Morgan fingerprint density at radius 1 is 1.03 bits per heavy atom. The van der Waals surface area contributed by atoms with Crippen LogP contribution in [0.4, 0.5) is 13.2 Å². The van der Waals surface area contributed by atoms with E-state index in [0.717, 1.165) is 23.0 Å². The minimum atomic E-state index is -4.50. The van der Waals surface area contributed by atoms with E-state index >= 15 is 0 Å². The van der Waals surface area contributed by atoms with Gasteiger partial charge in [-0.3, -0.25) is 14.6 Å². The van der Waals surface area contributed by atoms with E-state index in [2.05, 4.69) is 10.3 Å². The summed E-state index contributed by atoms with van der Waals surface area (Å²) in [5.74, 6) is -1.36. The number of pyridine rings is 1. The summed E-state index contributed by atoms with van der Waals surface area (Å²) in [7, 11) is 0. The molecular weight excluding hydrogens is 383 g/mol. The lowest BCUT2D eigenvalue weighted by Crippen LogP contribution is -2.46. The van der Waals surface area contributed by atoms with E-state index < -0.39 is 29.6 Å². The fraction of sp³-hybridized carbons (Fsp3) is 0.190. The second-order valence-corrected chi connectivity index (χ2v) is 6.60. The number of alkyl halides is 3. The normalized spacial score (nSPS) is 12.5. The van der Waals surface area contributed by atoms with Crippen LogP contribution in [0.25, 0.3) is 10.9 Å². The molecule has 29 heavy (non-hydrogen) atoms. The standard InChI is InChI=1S/C21H18F3N3O2/c22-21(23,24)15-6-3-4-13(10-15)11-19(28)27-18(20(25)29)12-16-9-8-14-5-1-2-7-17(14)26-16/h1-10,18H,11-12H2,(H2,25,29)(H,27,28)/t18-/m1/s1. The Hall–Kier alpha value is -3.42. The molecule has 1 atom stereocenters. The molecule has 0 saturated carbocycles. The van der Waals surface area contributed by atoms with Gasteiger partial charge in [0, 0.05) is 17.5 Å². The van der Waals surface area contributed by atoms with Gasteiger partial charge in [0.25, 0.3) is 0 Å². The second kappa shape index (κ2) is 8.30. The smallest absolute Gasteiger partial charge is 0.368 e. The SMILES string of the molecule is NC(=O)[C@@H](Cc1ccc2ccccc2n1)NC(=O)Cc1cccc(C(F)(F)F)c1. The Balaban J connectivity index is 1.70. The molecule has 1 aromatic heterocycles. The van der Waals surface area contributed by atoms with Crippen molar-refractivity contribution in [2.24, 2.45) is 5.73 Å². The monoisotopic (exact) mass is 401 g/mol. The van der Waals surface area contributed by atoms with Gasteiger partial charge in [-0.1, -0.05) is 42.5 Å². The first kappa shape index (κ1) is 20.3. The number of primary amides is 1. The van der Waals surface area contributed by atoms with E-state index in [1.54, 1.807) is 6.07 Å². The van der Waals surface area contributed by atoms with Crippen molar-refractivity contribution in [3.63, 3.8) is 0 Å². The highest BCUT2D eigenvalue weighted by Gasteiger charge is 2.30. The van der Waals surface area contributed by atoms with Gasteiger partial charge in [0.1, 0.15) is 6.04 Å². The number of hydrogen-bond acceptors (Lipinski definition) is 3. The fourth-order valence-corrected chi connectivity index (χ4v) is 2.94. The van der Waals surface area contributed by atoms with E-state index in [1.165, 1.54) is 12.1 Å². The van der Waals surface area contributed by atoms with Gasteiger partial charge in [-0.25, -0.2) is 0 Å². The number of rotatable bonds is 6. The van der Waals surface area contributed by atoms with Crippen molar-refractivity contribution in [1.29, 1.82) is 0 Å². The summed E-state index contributed by atoms with van der Waals surface area (Å²) in [5, 5.41) is 3.42. The number of nitrogens with zero attached hydrogens (tertiary/aromatic N) is 1. The van der Waals surface area contributed by atoms with Gasteiger partial charge in [-0.05, 0) is 23.8 Å². The van der Waals surface area contributed by atoms with Crippen LogP contribution in [0.3, 0.4) is 0 Å². The molecule has 1 heterocycles. The zero-order chi connectivity index (χ0) is 21.0. The van der Waals surface area contributed by atoms with E-state index in [1.807, 2.05) is 30.3 Å². The van der Waals surface area contributed by atoms with Crippen LogP contribution >= 0.6 is 0 Å². The highest BCUT2D eigenvalue weighted by Crippen LogP contribution is 2.29. The number of benzene rings is 2. The maximum absolute atomic E-state index is 12.8. The summed E-state index contributed by atoms with van der Waals surface area (Å²) in [6, 6.07) is 14.5. The molecule has 0 spiro atoms. The largest absolute Gasteiger partial charge is 0.416 e. The summed E-state index contributed by atoms with van der Waals surface area (Å²) in [5.41, 5.74) is 6.04. The van der Waals surface area contributed by atoms with Gasteiger partial charge in [-0.2, -0.15) is 13.2 Å². The van der Waals surface area contributed by atoms with Crippen molar-refractivity contribution < 1.29 is 22.8 Å². The van der Waals surface area contributed by atoms with Crippen LogP contribution in [-0.2, 0) is 28.6 Å². The molecule has 150 valence electrons. The maximum Gasteiger partial charge on any atom is 0.416 e. The van der Waals surface area contributed by atoms with Crippen molar-refractivity contribution in [3.05, 3.63) is 77.5 Å². The quantitative estimate of drug-likeness (QED) is 0.666. The number of amides is 2. The molecule has 0 saturated heterocycles. The molecular formula is C21H18F3N3O2. The molecule has 2 amide bonds. The lowest BCUT2D eigenvalue weighted by atomic mass is 10.1. The van der Waals surface area contributed by atoms with Crippen LogP contribution in [0.2, 0.25) is 0 Å². The average molecular weight is 401 g/mol. The molecule has 3 N–H and O–H groups in total. The summed E-state index contributed by atoms with van der Waals surface area (Å²) in [4.78, 5) is 28.5. The predicted octanol–water partition coefficient (Wildman–Crippen LogP) is 3.01. The fourth-order valence-electron chi connectivity index (χ4n) is 2.94. The maximum atomic E-state index is 12.8. The summed E-state index contributed by atoms with van der Waals surface area (Å²) in [6.07, 6.45) is -4.72. The van der Waals surface area contributed by atoms with Gasteiger partial charge < -0.3 is 11.1 Å². The van der Waals surface area contributed by atoms with Crippen molar-refractivity contribution >= 4 is 22.7 Å². The first-order valence-corrected chi connectivity index (χ1v) is 8.82. The lowest BCUT2D eigenvalue weighted by molar-refractivity contribution is -0.137. The molecule has 0 radical (unpaired) electrons. The van der Waals surface area contributed by atoms with Crippen LogP contribution < -0.4 is 11.1 Å². The topological polar surface area (TPSA) is 85.1 Å². The Labute approximate surface area is 164 Å². The second-order valence-electron chi connectivity index (χ2n) is 6.60. The molecule has 8 heteroatoms. The number of carbonyl (C=O) groups is 2. The van der Waals surface area contributed by atoms with Crippen molar-refractivity contribution in [2.45, 2.75) is 25.1 Å². The zero-order valence-electron chi connectivity index (χ0n) is 15.2. The van der Waals surface area contributed by atoms with Crippen molar-refractivity contribution in [3.8, 4) is 0 Å². The minimum absolute atomic E-state index is 0.0779. The van der Waals surface area contributed by atoms with Gasteiger partial charge in [0.15, 0.2) is 0 Å². The number of fused-ring (bicyclic) bond motifs is 1. The molecule has 0 aliphatic carbocycles. The van der Waals surface area contributed by atoms with Crippen molar-refractivity contribution in [2.75, 3.05) is 0 Å². The predicted molar refractivity (Wildman–Crippen MR) is 102 cm³/mol. The van der Waals surface area contributed by atoms with Crippen molar-refractivity contribution in [1.82, 2.24) is 10.3 Å². The molecule has 5 nitrogen and oxygen atoms in total. The van der Waals surface area contributed by atoms with Gasteiger partial charge in [-0.15, -0.1) is 0 Å². The van der Waals surface area contributed by atoms with E-state index in [9.17, 15) is 22.8 Å². The van der Waals surface area contributed by atoms with Gasteiger partial charge >= 0.3 is 6.18 Å².